The molecule has 0 spiro atoms. The van der Waals surface area contributed by atoms with Crippen molar-refractivity contribution in [1.29, 1.82) is 0 Å². The number of hydrogen-bond donors (Lipinski definition) is 1. The third-order valence-electron chi connectivity index (χ3n) is 3.02. The van der Waals surface area contributed by atoms with Crippen LogP contribution in [0.4, 0.5) is 5.69 Å². The van der Waals surface area contributed by atoms with Crippen molar-refractivity contribution in [3.8, 4) is 0 Å². The fraction of sp³-hybridized carbons (Fsp3) is 0.438. The van der Waals surface area contributed by atoms with E-state index in [-0.39, 0.29) is 0 Å². The molecule has 1 N–H and O–H groups in total. The normalized spacial score (nSPS) is 11.0. The van der Waals surface area contributed by atoms with Gasteiger partial charge in [0.15, 0.2) is 0 Å². The molecule has 0 aromatic heterocycles. The van der Waals surface area contributed by atoms with Crippen LogP contribution >= 0.6 is 0 Å². The summed E-state index contributed by atoms with van der Waals surface area (Å²) in [6.07, 6.45) is 3.66. The maximum Gasteiger partial charge on any atom is 0.328 e. The lowest BCUT2D eigenvalue weighted by atomic mass is 10.1. The summed E-state index contributed by atoms with van der Waals surface area (Å²) in [7, 11) is 3.39. The van der Waals surface area contributed by atoms with Crippen LogP contribution in [0.1, 0.15) is 12.0 Å². The minimum Gasteiger partial charge on any atom is -0.478 e. The molecule has 1 aromatic rings. The van der Waals surface area contributed by atoms with Gasteiger partial charge in [0.2, 0.25) is 0 Å². The Morgan fingerprint density at radius 3 is 2.38 bits per heavy atom. The largest absolute Gasteiger partial charge is 0.478 e. The van der Waals surface area contributed by atoms with Crippen molar-refractivity contribution < 1.29 is 19.4 Å². The van der Waals surface area contributed by atoms with Crippen molar-refractivity contribution in [2.24, 2.45) is 0 Å². The molecule has 5 nitrogen and oxygen atoms in total. The smallest absolute Gasteiger partial charge is 0.328 e. The van der Waals surface area contributed by atoms with Crippen molar-refractivity contribution in [1.82, 2.24) is 0 Å². The number of rotatable bonds is 10. The highest BCUT2D eigenvalue weighted by molar-refractivity contribution is 5.85. The van der Waals surface area contributed by atoms with E-state index in [9.17, 15) is 4.79 Å². The Balaban J connectivity index is 2.69. The van der Waals surface area contributed by atoms with Gasteiger partial charge in [0.05, 0.1) is 6.61 Å². The maximum absolute atomic E-state index is 10.5. The molecular formula is C16H23NO4. The number of carboxylic acid groups (broad SMARTS) is 1. The van der Waals surface area contributed by atoms with Gasteiger partial charge in [-0.1, -0.05) is 12.1 Å². The zero-order valence-electron chi connectivity index (χ0n) is 12.6. The van der Waals surface area contributed by atoms with E-state index >= 15 is 0 Å². The van der Waals surface area contributed by atoms with Gasteiger partial charge in [-0.3, -0.25) is 0 Å². The molecule has 0 aliphatic rings. The number of methoxy groups -OCH3 is 2. The number of carboxylic acids is 1. The number of aliphatic carboxylic acids is 1. The molecule has 0 bridgehead atoms. The van der Waals surface area contributed by atoms with E-state index in [2.05, 4.69) is 4.90 Å². The van der Waals surface area contributed by atoms with Crippen LogP contribution in [0.3, 0.4) is 0 Å². The summed E-state index contributed by atoms with van der Waals surface area (Å²) in [5.41, 5.74) is 1.96. The first-order chi connectivity index (χ1) is 10.2. The van der Waals surface area contributed by atoms with Crippen LogP contribution in [0.25, 0.3) is 6.08 Å². The Bertz CT molecular complexity index is 442. The lowest BCUT2D eigenvalue weighted by Gasteiger charge is -2.24. The fourth-order valence-electron chi connectivity index (χ4n) is 1.93. The Morgan fingerprint density at radius 1 is 1.14 bits per heavy atom. The van der Waals surface area contributed by atoms with Crippen LogP contribution in [0.5, 0.6) is 0 Å². The van der Waals surface area contributed by atoms with Gasteiger partial charge in [-0.15, -0.1) is 0 Å². The summed E-state index contributed by atoms with van der Waals surface area (Å²) in [5, 5.41) is 8.61. The Kier molecular flexibility index (Phi) is 8.16. The van der Waals surface area contributed by atoms with E-state index in [1.807, 2.05) is 24.3 Å². The zero-order valence-corrected chi connectivity index (χ0v) is 12.6. The van der Waals surface area contributed by atoms with Crippen LogP contribution in [-0.4, -0.2) is 51.6 Å². The summed E-state index contributed by atoms with van der Waals surface area (Å²) in [4.78, 5) is 12.7. The van der Waals surface area contributed by atoms with Crippen molar-refractivity contribution in [2.75, 3.05) is 45.4 Å². The third kappa shape index (κ3) is 6.92. The molecule has 0 amide bonds. The minimum atomic E-state index is -0.944. The average Bonchev–Trinajstić information content (AvgIpc) is 2.49. The molecule has 21 heavy (non-hydrogen) atoms. The second kappa shape index (κ2) is 9.96. The average molecular weight is 293 g/mol. The Labute approximate surface area is 125 Å². The van der Waals surface area contributed by atoms with E-state index in [4.69, 9.17) is 14.6 Å². The van der Waals surface area contributed by atoms with Crippen LogP contribution in [0.15, 0.2) is 30.3 Å². The zero-order chi connectivity index (χ0) is 15.5. The first-order valence-electron chi connectivity index (χ1n) is 6.91. The number of nitrogens with zero attached hydrogens (tertiary/aromatic N) is 1. The molecule has 0 atom stereocenters. The summed E-state index contributed by atoms with van der Waals surface area (Å²) in [5.74, 6) is -0.944. The summed E-state index contributed by atoms with van der Waals surface area (Å²) < 4.78 is 10.2. The van der Waals surface area contributed by atoms with Crippen LogP contribution in [-0.2, 0) is 14.3 Å². The molecule has 0 saturated heterocycles. The Morgan fingerprint density at radius 2 is 1.81 bits per heavy atom. The number of carbonyl (C=O) groups is 1. The number of hydrogen-bond acceptors (Lipinski definition) is 4. The first kappa shape index (κ1) is 17.2. The molecule has 0 aliphatic carbocycles. The topological polar surface area (TPSA) is 59.0 Å². The molecule has 1 aromatic carbocycles. The fourth-order valence-corrected chi connectivity index (χ4v) is 1.93. The maximum atomic E-state index is 10.5. The molecule has 1 rings (SSSR count). The number of benzene rings is 1. The highest BCUT2D eigenvalue weighted by Crippen LogP contribution is 2.16. The van der Waals surface area contributed by atoms with Crippen molar-refractivity contribution in [2.45, 2.75) is 6.42 Å². The molecule has 0 fully saturated rings. The SMILES string of the molecule is COCCCN(CCOC)c1ccc(C=CC(=O)O)cc1. The number of anilines is 1. The molecule has 5 heteroatoms. The van der Waals surface area contributed by atoms with Crippen molar-refractivity contribution in [3.05, 3.63) is 35.9 Å². The summed E-state index contributed by atoms with van der Waals surface area (Å²) in [6, 6.07) is 7.80. The highest BCUT2D eigenvalue weighted by Gasteiger charge is 2.06. The molecule has 0 aliphatic heterocycles. The molecular weight excluding hydrogens is 270 g/mol. The highest BCUT2D eigenvalue weighted by atomic mass is 16.5. The van der Waals surface area contributed by atoms with E-state index in [0.29, 0.717) is 6.61 Å². The number of ether oxygens (including phenoxy) is 2. The van der Waals surface area contributed by atoms with Gasteiger partial charge in [0.1, 0.15) is 0 Å². The summed E-state index contributed by atoms with van der Waals surface area (Å²) in [6.45, 7) is 3.09. The molecule has 0 saturated carbocycles. The molecule has 116 valence electrons. The molecule has 0 heterocycles. The van der Waals surface area contributed by atoms with Crippen LogP contribution in [0, 0.1) is 0 Å². The van der Waals surface area contributed by atoms with Gasteiger partial charge in [0.25, 0.3) is 0 Å². The van der Waals surface area contributed by atoms with Gasteiger partial charge in [-0.25, -0.2) is 4.79 Å². The van der Waals surface area contributed by atoms with Crippen LogP contribution in [0.2, 0.25) is 0 Å². The second-order valence-electron chi connectivity index (χ2n) is 4.59. The standard InChI is InChI=1S/C16H23NO4/c1-20-12-3-10-17(11-13-21-2)15-7-4-14(5-8-15)6-9-16(18)19/h4-9H,3,10-13H2,1-2H3,(H,18,19). The third-order valence-corrected chi connectivity index (χ3v) is 3.02. The first-order valence-corrected chi connectivity index (χ1v) is 6.91. The Hall–Kier alpha value is -1.85. The molecule has 0 radical (unpaired) electrons. The van der Waals surface area contributed by atoms with E-state index in [1.54, 1.807) is 20.3 Å². The predicted molar refractivity (Wildman–Crippen MR) is 83.7 cm³/mol. The van der Waals surface area contributed by atoms with Crippen molar-refractivity contribution in [3.63, 3.8) is 0 Å². The quantitative estimate of drug-likeness (QED) is 0.530. The van der Waals surface area contributed by atoms with Gasteiger partial charge < -0.3 is 19.5 Å². The summed E-state index contributed by atoms with van der Waals surface area (Å²) >= 11 is 0. The minimum absolute atomic E-state index is 0.660. The van der Waals surface area contributed by atoms with Crippen molar-refractivity contribution >= 4 is 17.7 Å². The van der Waals surface area contributed by atoms with Gasteiger partial charge >= 0.3 is 5.97 Å². The second-order valence-corrected chi connectivity index (χ2v) is 4.59. The lowest BCUT2D eigenvalue weighted by Crippen LogP contribution is -2.28. The predicted octanol–water partition coefficient (Wildman–Crippen LogP) is 2.27. The van der Waals surface area contributed by atoms with E-state index in [1.165, 1.54) is 0 Å². The van der Waals surface area contributed by atoms with Gasteiger partial charge in [-0.2, -0.15) is 0 Å². The monoisotopic (exact) mass is 293 g/mol. The molecule has 0 unspecified atom stereocenters. The van der Waals surface area contributed by atoms with E-state index < -0.39 is 5.97 Å². The van der Waals surface area contributed by atoms with Gasteiger partial charge in [0, 0.05) is 45.7 Å². The van der Waals surface area contributed by atoms with Crippen LogP contribution < -0.4 is 4.90 Å². The lowest BCUT2D eigenvalue weighted by molar-refractivity contribution is -0.131. The van der Waals surface area contributed by atoms with Gasteiger partial charge in [-0.05, 0) is 30.2 Å². The van der Waals surface area contributed by atoms with E-state index in [0.717, 1.165) is 43.4 Å².